The van der Waals surface area contributed by atoms with E-state index in [4.69, 9.17) is 11.6 Å². The first-order valence-electron chi connectivity index (χ1n) is 6.80. The van der Waals surface area contributed by atoms with Crippen molar-refractivity contribution in [3.8, 4) is 11.1 Å². The number of hydrogen-bond acceptors (Lipinski definition) is 1. The van der Waals surface area contributed by atoms with Gasteiger partial charge in [-0.15, -0.1) is 0 Å². The number of fused-ring (bicyclic) bond motifs is 1. The van der Waals surface area contributed by atoms with Gasteiger partial charge in [-0.2, -0.15) is 0 Å². The lowest BCUT2D eigenvalue weighted by molar-refractivity contribution is 0.525. The topological polar surface area (TPSA) is 17.3 Å². The molecule has 0 fully saturated rings. The highest BCUT2D eigenvalue weighted by molar-refractivity contribution is 6.34. The molecule has 0 aliphatic rings. The first kappa shape index (κ1) is 14.1. The largest absolute Gasteiger partial charge is 0.307 e. The van der Waals surface area contributed by atoms with Gasteiger partial charge in [-0.25, -0.2) is 9.37 Å². The van der Waals surface area contributed by atoms with Crippen molar-refractivity contribution in [2.24, 2.45) is 0 Å². The van der Waals surface area contributed by atoms with Gasteiger partial charge in [0, 0.05) is 29.7 Å². The first-order chi connectivity index (χ1) is 9.89. The standard InChI is InChI=1S/C17H16ClFN2/c1-17(2,3)12-6-4-5-11(15(12)19)14-13(18)7-9-21-10-8-20-16(14)21/h4-10H,1-3H3. The Labute approximate surface area is 128 Å². The molecular weight excluding hydrogens is 287 g/mol. The maximum atomic E-state index is 15.0. The molecule has 108 valence electrons. The van der Waals surface area contributed by atoms with Crippen molar-refractivity contribution in [1.29, 1.82) is 0 Å². The van der Waals surface area contributed by atoms with E-state index in [-0.39, 0.29) is 11.2 Å². The summed E-state index contributed by atoms with van der Waals surface area (Å²) in [4.78, 5) is 4.30. The van der Waals surface area contributed by atoms with Crippen molar-refractivity contribution >= 4 is 17.2 Å². The third kappa shape index (κ3) is 2.32. The number of pyridine rings is 1. The van der Waals surface area contributed by atoms with Crippen LogP contribution in [0.1, 0.15) is 26.3 Å². The van der Waals surface area contributed by atoms with Crippen LogP contribution in [0.25, 0.3) is 16.8 Å². The zero-order chi connectivity index (χ0) is 15.2. The van der Waals surface area contributed by atoms with Gasteiger partial charge in [0.2, 0.25) is 0 Å². The Morgan fingerprint density at radius 2 is 1.90 bits per heavy atom. The molecule has 2 heterocycles. The summed E-state index contributed by atoms with van der Waals surface area (Å²) in [6.07, 6.45) is 5.32. The first-order valence-corrected chi connectivity index (χ1v) is 7.18. The van der Waals surface area contributed by atoms with E-state index in [1.807, 2.05) is 49.7 Å². The summed E-state index contributed by atoms with van der Waals surface area (Å²) in [6, 6.07) is 7.19. The summed E-state index contributed by atoms with van der Waals surface area (Å²) in [5.41, 5.74) is 2.18. The van der Waals surface area contributed by atoms with E-state index >= 15 is 0 Å². The molecule has 21 heavy (non-hydrogen) atoms. The zero-order valence-corrected chi connectivity index (χ0v) is 12.9. The van der Waals surface area contributed by atoms with Crippen molar-refractivity contribution in [2.75, 3.05) is 0 Å². The summed E-state index contributed by atoms with van der Waals surface area (Å²) in [6.45, 7) is 5.98. The minimum absolute atomic E-state index is 0.233. The highest BCUT2D eigenvalue weighted by Gasteiger charge is 2.23. The van der Waals surface area contributed by atoms with Crippen molar-refractivity contribution in [3.63, 3.8) is 0 Å². The Bertz CT molecular complexity index is 815. The number of nitrogens with zero attached hydrogens (tertiary/aromatic N) is 2. The summed E-state index contributed by atoms with van der Waals surface area (Å²) >= 11 is 6.31. The number of hydrogen-bond donors (Lipinski definition) is 0. The average Bonchev–Trinajstić information content (AvgIpc) is 2.86. The predicted octanol–water partition coefficient (Wildman–Crippen LogP) is 5.09. The van der Waals surface area contributed by atoms with Crippen LogP contribution in [-0.4, -0.2) is 9.38 Å². The second-order valence-electron chi connectivity index (χ2n) is 6.11. The molecule has 0 N–H and O–H groups in total. The molecule has 0 saturated carbocycles. The molecule has 0 unspecified atom stereocenters. The smallest absolute Gasteiger partial charge is 0.146 e. The SMILES string of the molecule is CC(C)(C)c1cccc(-c2c(Cl)ccn3ccnc23)c1F. The zero-order valence-electron chi connectivity index (χ0n) is 12.2. The number of aromatic nitrogens is 2. The van der Waals surface area contributed by atoms with Gasteiger partial charge in [-0.1, -0.05) is 50.6 Å². The van der Waals surface area contributed by atoms with Crippen LogP contribution in [0.2, 0.25) is 5.02 Å². The van der Waals surface area contributed by atoms with Crippen LogP contribution in [0.3, 0.4) is 0 Å². The summed E-state index contributed by atoms with van der Waals surface area (Å²) in [5.74, 6) is -0.233. The normalized spacial score (nSPS) is 12.0. The fraction of sp³-hybridized carbons (Fsp3) is 0.235. The summed E-state index contributed by atoms with van der Waals surface area (Å²) < 4.78 is 16.8. The van der Waals surface area contributed by atoms with Gasteiger partial charge < -0.3 is 4.40 Å². The summed E-state index contributed by atoms with van der Waals surface area (Å²) in [7, 11) is 0. The molecule has 0 saturated heterocycles. The Balaban J connectivity index is 2.34. The van der Waals surface area contributed by atoms with Gasteiger partial charge in [-0.3, -0.25) is 0 Å². The molecule has 3 rings (SSSR count). The van der Waals surface area contributed by atoms with Crippen molar-refractivity contribution in [2.45, 2.75) is 26.2 Å². The van der Waals surface area contributed by atoms with E-state index in [1.54, 1.807) is 18.3 Å². The van der Waals surface area contributed by atoms with Crippen LogP contribution < -0.4 is 0 Å². The van der Waals surface area contributed by atoms with Crippen LogP contribution in [0, 0.1) is 5.82 Å². The molecule has 2 nitrogen and oxygen atoms in total. The predicted molar refractivity (Wildman–Crippen MR) is 84.3 cm³/mol. The molecule has 0 aliphatic carbocycles. The second-order valence-corrected chi connectivity index (χ2v) is 6.52. The number of imidazole rings is 1. The molecule has 4 heteroatoms. The highest BCUT2D eigenvalue weighted by Crippen LogP contribution is 2.36. The highest BCUT2D eigenvalue weighted by atomic mass is 35.5. The van der Waals surface area contributed by atoms with Gasteiger partial charge in [0.25, 0.3) is 0 Å². The fourth-order valence-electron chi connectivity index (χ4n) is 2.52. The monoisotopic (exact) mass is 302 g/mol. The van der Waals surface area contributed by atoms with Crippen molar-refractivity contribution < 1.29 is 4.39 Å². The second kappa shape index (κ2) is 4.85. The van der Waals surface area contributed by atoms with Gasteiger partial charge in [0.05, 0.1) is 5.02 Å². The molecular formula is C17H16ClFN2. The van der Waals surface area contributed by atoms with Crippen LogP contribution in [0.4, 0.5) is 4.39 Å². The molecule has 2 aromatic heterocycles. The molecule has 0 bridgehead atoms. The Morgan fingerprint density at radius 1 is 1.14 bits per heavy atom. The van der Waals surface area contributed by atoms with Crippen LogP contribution >= 0.6 is 11.6 Å². The maximum absolute atomic E-state index is 15.0. The molecule has 1 aromatic carbocycles. The van der Waals surface area contributed by atoms with E-state index in [9.17, 15) is 4.39 Å². The molecule has 0 spiro atoms. The molecule has 0 aliphatic heterocycles. The average molecular weight is 303 g/mol. The van der Waals surface area contributed by atoms with Gasteiger partial charge in [-0.05, 0) is 17.0 Å². The van der Waals surface area contributed by atoms with E-state index < -0.39 is 0 Å². The molecule has 3 aromatic rings. The number of halogens is 2. The summed E-state index contributed by atoms with van der Waals surface area (Å²) in [5, 5.41) is 0.499. The number of benzene rings is 1. The minimum atomic E-state index is -0.271. The van der Waals surface area contributed by atoms with E-state index in [0.717, 1.165) is 0 Å². The third-order valence-electron chi connectivity index (χ3n) is 3.59. The van der Waals surface area contributed by atoms with Gasteiger partial charge >= 0.3 is 0 Å². The Hall–Kier alpha value is -1.87. The van der Waals surface area contributed by atoms with Crippen LogP contribution in [0.5, 0.6) is 0 Å². The molecule has 0 radical (unpaired) electrons. The van der Waals surface area contributed by atoms with Crippen LogP contribution in [0.15, 0.2) is 42.9 Å². The Morgan fingerprint density at radius 3 is 2.62 bits per heavy atom. The fourth-order valence-corrected chi connectivity index (χ4v) is 2.76. The lowest BCUT2D eigenvalue weighted by atomic mass is 9.85. The molecule has 0 amide bonds. The van der Waals surface area contributed by atoms with E-state index in [0.29, 0.717) is 27.4 Å². The molecule has 0 atom stereocenters. The lowest BCUT2D eigenvalue weighted by Gasteiger charge is -2.21. The number of rotatable bonds is 1. The van der Waals surface area contributed by atoms with Gasteiger partial charge in [0.1, 0.15) is 11.5 Å². The van der Waals surface area contributed by atoms with Gasteiger partial charge in [0.15, 0.2) is 0 Å². The lowest BCUT2D eigenvalue weighted by Crippen LogP contribution is -2.14. The van der Waals surface area contributed by atoms with Crippen LogP contribution in [-0.2, 0) is 5.41 Å². The van der Waals surface area contributed by atoms with Crippen molar-refractivity contribution in [1.82, 2.24) is 9.38 Å². The van der Waals surface area contributed by atoms with E-state index in [1.165, 1.54) is 0 Å². The third-order valence-corrected chi connectivity index (χ3v) is 3.90. The van der Waals surface area contributed by atoms with E-state index in [2.05, 4.69) is 4.98 Å². The maximum Gasteiger partial charge on any atom is 0.146 e. The Kier molecular flexibility index (Phi) is 3.25. The minimum Gasteiger partial charge on any atom is -0.307 e. The van der Waals surface area contributed by atoms with Crippen molar-refractivity contribution in [3.05, 3.63) is 59.3 Å². The quantitative estimate of drug-likeness (QED) is 0.612.